The first-order chi connectivity index (χ1) is 8.80. The van der Waals surface area contributed by atoms with Crippen LogP contribution >= 0.6 is 0 Å². The average molecular weight is 244 g/mol. The van der Waals surface area contributed by atoms with Crippen LogP contribution in [-0.4, -0.2) is 18.5 Å². The van der Waals surface area contributed by atoms with Crippen LogP contribution in [0.4, 0.5) is 0 Å². The van der Waals surface area contributed by atoms with Crippen molar-refractivity contribution < 1.29 is 5.21 Å². The van der Waals surface area contributed by atoms with E-state index in [9.17, 15) is 0 Å². The third-order valence-electron chi connectivity index (χ3n) is 2.73. The maximum atomic E-state index is 8.52. The van der Waals surface area contributed by atoms with Gasteiger partial charge in [0.2, 0.25) is 0 Å². The highest BCUT2D eigenvalue weighted by atomic mass is 16.5. The summed E-state index contributed by atoms with van der Waals surface area (Å²) < 4.78 is 0. The Bertz CT molecular complexity index is 407. The minimum absolute atomic E-state index is 0.575. The van der Waals surface area contributed by atoms with Crippen molar-refractivity contribution in [3.05, 3.63) is 59.8 Å². The average Bonchev–Trinajstić information content (AvgIpc) is 2.42. The van der Waals surface area contributed by atoms with Gasteiger partial charge < -0.3 is 5.21 Å². The standard InChI is InChI=1S/C15H20N2O/c1-3-4-15(16-2)10-9-13-5-7-14(8-6-13)11-12-17-18/h3-8,17-18H,1-2,9-12H2/b15-4-. The predicted molar refractivity (Wildman–Crippen MR) is 76.1 cm³/mol. The summed E-state index contributed by atoms with van der Waals surface area (Å²) in [7, 11) is 0. The molecule has 0 aliphatic rings. The van der Waals surface area contributed by atoms with E-state index in [0.29, 0.717) is 6.54 Å². The lowest BCUT2D eigenvalue weighted by Crippen LogP contribution is -2.11. The smallest absolute Gasteiger partial charge is 0.0399 e. The molecular weight excluding hydrogens is 224 g/mol. The van der Waals surface area contributed by atoms with Crippen molar-refractivity contribution in [1.29, 1.82) is 0 Å². The van der Waals surface area contributed by atoms with E-state index in [-0.39, 0.29) is 0 Å². The largest absolute Gasteiger partial charge is 0.317 e. The van der Waals surface area contributed by atoms with E-state index in [1.54, 1.807) is 6.08 Å². The summed E-state index contributed by atoms with van der Waals surface area (Å²) in [6.45, 7) is 7.77. The van der Waals surface area contributed by atoms with Crippen LogP contribution in [0.25, 0.3) is 0 Å². The Hall–Kier alpha value is -1.71. The van der Waals surface area contributed by atoms with Gasteiger partial charge in [-0.3, -0.25) is 4.99 Å². The Morgan fingerprint density at radius 3 is 2.33 bits per heavy atom. The number of benzene rings is 1. The van der Waals surface area contributed by atoms with Crippen LogP contribution in [0, 0.1) is 0 Å². The van der Waals surface area contributed by atoms with Gasteiger partial charge in [0.15, 0.2) is 0 Å². The molecule has 1 aromatic carbocycles. The number of aliphatic imine (C=N–C) groups is 1. The lowest BCUT2D eigenvalue weighted by molar-refractivity contribution is 0.168. The fourth-order valence-corrected chi connectivity index (χ4v) is 1.70. The SMILES string of the molecule is C=C/C=C(/CCc1ccc(CCNO)cc1)N=C. The highest BCUT2D eigenvalue weighted by Gasteiger charge is 1.97. The molecule has 0 heterocycles. The summed E-state index contributed by atoms with van der Waals surface area (Å²) >= 11 is 0. The number of nitrogens with zero attached hydrogens (tertiary/aromatic N) is 1. The summed E-state index contributed by atoms with van der Waals surface area (Å²) in [6, 6.07) is 8.40. The molecule has 0 aromatic heterocycles. The quantitative estimate of drug-likeness (QED) is 0.419. The molecule has 0 aliphatic carbocycles. The van der Waals surface area contributed by atoms with Crippen molar-refractivity contribution >= 4 is 6.72 Å². The van der Waals surface area contributed by atoms with Gasteiger partial charge in [0.1, 0.15) is 0 Å². The van der Waals surface area contributed by atoms with E-state index in [1.807, 2.05) is 6.08 Å². The number of nitrogens with one attached hydrogen (secondary N) is 1. The Labute approximate surface area is 109 Å². The second-order valence-electron chi connectivity index (χ2n) is 4.03. The molecule has 18 heavy (non-hydrogen) atoms. The molecule has 3 nitrogen and oxygen atoms in total. The van der Waals surface area contributed by atoms with Crippen molar-refractivity contribution in [3.63, 3.8) is 0 Å². The van der Waals surface area contributed by atoms with E-state index < -0.39 is 0 Å². The summed E-state index contributed by atoms with van der Waals surface area (Å²) in [6.07, 6.45) is 6.25. The number of hydrogen-bond donors (Lipinski definition) is 2. The monoisotopic (exact) mass is 244 g/mol. The van der Waals surface area contributed by atoms with E-state index in [4.69, 9.17) is 5.21 Å². The Balaban J connectivity index is 2.50. The molecule has 0 bridgehead atoms. The first-order valence-electron chi connectivity index (χ1n) is 6.03. The molecule has 0 unspecified atom stereocenters. The van der Waals surface area contributed by atoms with E-state index in [1.165, 1.54) is 11.1 Å². The highest BCUT2D eigenvalue weighted by molar-refractivity contribution is 5.31. The minimum Gasteiger partial charge on any atom is -0.317 e. The Morgan fingerprint density at radius 2 is 1.83 bits per heavy atom. The minimum atomic E-state index is 0.575. The van der Waals surface area contributed by atoms with Gasteiger partial charge in [0, 0.05) is 12.2 Å². The molecule has 0 fully saturated rings. The van der Waals surface area contributed by atoms with Crippen LogP contribution in [0.15, 0.2) is 53.7 Å². The Morgan fingerprint density at radius 1 is 1.22 bits per heavy atom. The number of hydroxylamine groups is 1. The molecule has 0 aliphatic heterocycles. The molecule has 1 aromatic rings. The summed E-state index contributed by atoms with van der Waals surface area (Å²) in [5, 5.41) is 8.52. The lowest BCUT2D eigenvalue weighted by atomic mass is 10.0. The zero-order valence-electron chi connectivity index (χ0n) is 10.6. The predicted octanol–water partition coefficient (Wildman–Crippen LogP) is 2.91. The van der Waals surface area contributed by atoms with Crippen molar-refractivity contribution in [2.45, 2.75) is 19.3 Å². The van der Waals surface area contributed by atoms with Crippen LogP contribution in [0.2, 0.25) is 0 Å². The molecule has 3 heteroatoms. The van der Waals surface area contributed by atoms with Crippen LogP contribution in [0.1, 0.15) is 17.5 Å². The van der Waals surface area contributed by atoms with E-state index in [0.717, 1.165) is 25.0 Å². The zero-order chi connectivity index (χ0) is 13.2. The fraction of sp³-hybridized carbons (Fsp3) is 0.267. The molecule has 0 atom stereocenters. The fourth-order valence-electron chi connectivity index (χ4n) is 1.70. The normalized spacial score (nSPS) is 11.3. The van der Waals surface area contributed by atoms with E-state index in [2.05, 4.69) is 48.0 Å². The van der Waals surface area contributed by atoms with Crippen molar-refractivity contribution in [2.75, 3.05) is 6.54 Å². The molecule has 1 rings (SSSR count). The second kappa shape index (κ2) is 8.39. The van der Waals surface area contributed by atoms with Gasteiger partial charge >= 0.3 is 0 Å². The van der Waals surface area contributed by atoms with Gasteiger partial charge in [0.05, 0.1) is 0 Å². The summed E-state index contributed by atoms with van der Waals surface area (Å²) in [4.78, 5) is 3.95. The number of aryl methyl sites for hydroxylation is 1. The summed E-state index contributed by atoms with van der Waals surface area (Å²) in [5.74, 6) is 0. The van der Waals surface area contributed by atoms with Gasteiger partial charge in [-0.2, -0.15) is 0 Å². The first kappa shape index (κ1) is 14.4. The number of rotatable bonds is 8. The molecule has 0 radical (unpaired) electrons. The first-order valence-corrected chi connectivity index (χ1v) is 6.03. The van der Waals surface area contributed by atoms with Gasteiger partial charge in [-0.1, -0.05) is 36.9 Å². The molecule has 0 amide bonds. The molecular formula is C15H20N2O. The lowest BCUT2D eigenvalue weighted by Gasteiger charge is -2.04. The van der Waals surface area contributed by atoms with Crippen molar-refractivity contribution in [3.8, 4) is 0 Å². The molecule has 2 N–H and O–H groups in total. The molecule has 0 spiro atoms. The number of allylic oxidation sites excluding steroid dienone is 3. The number of hydrogen-bond acceptors (Lipinski definition) is 3. The van der Waals surface area contributed by atoms with Gasteiger partial charge in [-0.25, -0.2) is 5.48 Å². The third kappa shape index (κ3) is 5.08. The molecule has 0 saturated heterocycles. The Kier molecular flexibility index (Phi) is 6.69. The van der Waals surface area contributed by atoms with Crippen molar-refractivity contribution in [1.82, 2.24) is 5.48 Å². The van der Waals surface area contributed by atoms with Gasteiger partial charge in [-0.05, 0) is 43.2 Å². The highest BCUT2D eigenvalue weighted by Crippen LogP contribution is 2.11. The van der Waals surface area contributed by atoms with Crippen LogP contribution in [0.3, 0.4) is 0 Å². The van der Waals surface area contributed by atoms with Crippen LogP contribution in [0.5, 0.6) is 0 Å². The van der Waals surface area contributed by atoms with Gasteiger partial charge in [0.25, 0.3) is 0 Å². The second-order valence-corrected chi connectivity index (χ2v) is 4.03. The van der Waals surface area contributed by atoms with Crippen LogP contribution < -0.4 is 5.48 Å². The van der Waals surface area contributed by atoms with Crippen LogP contribution in [-0.2, 0) is 12.8 Å². The summed E-state index contributed by atoms with van der Waals surface area (Å²) in [5.41, 5.74) is 5.60. The zero-order valence-corrected chi connectivity index (χ0v) is 10.6. The maximum Gasteiger partial charge on any atom is 0.0399 e. The van der Waals surface area contributed by atoms with Crippen molar-refractivity contribution in [2.24, 2.45) is 4.99 Å². The van der Waals surface area contributed by atoms with E-state index >= 15 is 0 Å². The maximum absolute atomic E-state index is 8.52. The van der Waals surface area contributed by atoms with Gasteiger partial charge in [-0.15, -0.1) is 0 Å². The topological polar surface area (TPSA) is 44.6 Å². The third-order valence-corrected chi connectivity index (χ3v) is 2.73. The molecule has 96 valence electrons. The molecule has 0 saturated carbocycles.